The van der Waals surface area contributed by atoms with E-state index < -0.39 is 0 Å². The zero-order valence-corrected chi connectivity index (χ0v) is 9.59. The molecule has 0 aliphatic rings. The molecule has 76 valence electrons. The van der Waals surface area contributed by atoms with Crippen molar-refractivity contribution in [2.24, 2.45) is 0 Å². The summed E-state index contributed by atoms with van der Waals surface area (Å²) in [5, 5.41) is 9.55. The van der Waals surface area contributed by atoms with Gasteiger partial charge in [0.2, 0.25) is 0 Å². The zero-order valence-electron chi connectivity index (χ0n) is 7.26. The third-order valence-corrected chi connectivity index (χ3v) is 2.78. The maximum absolute atomic E-state index is 8.47. The van der Waals surface area contributed by atoms with Crippen molar-refractivity contribution in [3.63, 3.8) is 0 Å². The topological polar surface area (TPSA) is 32.3 Å². The van der Waals surface area contributed by atoms with Gasteiger partial charge in [-0.25, -0.2) is 0 Å². The number of hydrogen-bond acceptors (Lipinski definition) is 2. The van der Waals surface area contributed by atoms with E-state index in [2.05, 4.69) is 0 Å². The highest BCUT2D eigenvalue weighted by Crippen LogP contribution is 2.23. The summed E-state index contributed by atoms with van der Waals surface area (Å²) in [6, 6.07) is 5.42. The summed E-state index contributed by atoms with van der Waals surface area (Å²) in [4.78, 5) is 0.413. The first-order valence-corrected chi connectivity index (χ1v) is 5.17. The molecular weight excluding hydrogens is 241 g/mol. The van der Waals surface area contributed by atoms with Crippen LogP contribution in [-0.4, -0.2) is 10.2 Å². The first-order chi connectivity index (χ1) is 6.63. The van der Waals surface area contributed by atoms with E-state index >= 15 is 0 Å². The van der Waals surface area contributed by atoms with Crippen molar-refractivity contribution in [2.45, 2.75) is 12.8 Å². The minimum absolute atomic E-state index is 0.413. The molecule has 0 fully saturated rings. The standard InChI is InChI=1S/C9H9Cl2NOS/c10-7-3-1-6(5-8(7)11)2-4-9(14)12-13/h1,3,5,13H,2,4H2,(H,12,14). The number of aryl methyl sites for hydroxylation is 1. The quantitative estimate of drug-likeness (QED) is 0.638. The Hall–Kier alpha value is -0.350. The van der Waals surface area contributed by atoms with Crippen molar-refractivity contribution in [1.82, 2.24) is 5.48 Å². The van der Waals surface area contributed by atoms with Crippen LogP contribution in [0.25, 0.3) is 0 Å². The lowest BCUT2D eigenvalue weighted by molar-refractivity contribution is 0.235. The molecule has 0 saturated carbocycles. The van der Waals surface area contributed by atoms with Crippen molar-refractivity contribution in [2.75, 3.05) is 0 Å². The van der Waals surface area contributed by atoms with Crippen molar-refractivity contribution in [1.29, 1.82) is 0 Å². The number of halogens is 2. The SMILES string of the molecule is ONC(=S)CCc1ccc(Cl)c(Cl)c1. The lowest BCUT2D eigenvalue weighted by Crippen LogP contribution is -2.16. The largest absolute Gasteiger partial charge is 0.291 e. The van der Waals surface area contributed by atoms with Crippen LogP contribution in [0.2, 0.25) is 10.0 Å². The zero-order chi connectivity index (χ0) is 10.6. The van der Waals surface area contributed by atoms with Gasteiger partial charge < -0.3 is 0 Å². The second-order valence-corrected chi connectivity index (χ2v) is 4.09. The van der Waals surface area contributed by atoms with Crippen LogP contribution >= 0.6 is 35.4 Å². The van der Waals surface area contributed by atoms with E-state index in [1.807, 2.05) is 11.5 Å². The van der Waals surface area contributed by atoms with E-state index in [1.54, 1.807) is 12.1 Å². The molecule has 2 nitrogen and oxygen atoms in total. The van der Waals surface area contributed by atoms with Crippen molar-refractivity contribution in [3.8, 4) is 0 Å². The maximum Gasteiger partial charge on any atom is 0.100 e. The highest BCUT2D eigenvalue weighted by molar-refractivity contribution is 7.80. The van der Waals surface area contributed by atoms with Crippen LogP contribution in [0.1, 0.15) is 12.0 Å². The normalized spacial score (nSPS) is 9.93. The Balaban J connectivity index is 2.60. The molecule has 0 atom stereocenters. The second-order valence-electron chi connectivity index (χ2n) is 2.78. The molecule has 1 rings (SSSR count). The smallest absolute Gasteiger partial charge is 0.100 e. The molecule has 1 aromatic carbocycles. The molecule has 14 heavy (non-hydrogen) atoms. The highest BCUT2D eigenvalue weighted by Gasteiger charge is 2.01. The van der Waals surface area contributed by atoms with E-state index in [0.717, 1.165) is 12.0 Å². The summed E-state index contributed by atoms with van der Waals surface area (Å²) in [5.74, 6) is 0. The van der Waals surface area contributed by atoms with E-state index in [0.29, 0.717) is 21.5 Å². The van der Waals surface area contributed by atoms with Gasteiger partial charge in [-0.1, -0.05) is 41.5 Å². The molecule has 0 radical (unpaired) electrons. The Kier molecular flexibility index (Phi) is 4.62. The summed E-state index contributed by atoms with van der Waals surface area (Å²) in [5.41, 5.74) is 2.97. The molecule has 1 aromatic rings. The Morgan fingerprint density at radius 1 is 1.36 bits per heavy atom. The van der Waals surface area contributed by atoms with Gasteiger partial charge in [0.25, 0.3) is 0 Å². The average Bonchev–Trinajstić information content (AvgIpc) is 2.19. The van der Waals surface area contributed by atoms with Crippen LogP contribution < -0.4 is 5.48 Å². The molecule has 0 heterocycles. The molecule has 0 unspecified atom stereocenters. The fourth-order valence-corrected chi connectivity index (χ4v) is 1.43. The van der Waals surface area contributed by atoms with Crippen LogP contribution in [0.3, 0.4) is 0 Å². The van der Waals surface area contributed by atoms with E-state index in [9.17, 15) is 0 Å². The summed E-state index contributed by atoms with van der Waals surface area (Å²) >= 11 is 16.4. The molecule has 0 spiro atoms. The Labute approximate surface area is 97.8 Å². The van der Waals surface area contributed by atoms with Crippen LogP contribution in [-0.2, 0) is 6.42 Å². The van der Waals surface area contributed by atoms with Gasteiger partial charge in [0, 0.05) is 6.42 Å². The predicted molar refractivity (Wildman–Crippen MR) is 62.3 cm³/mol. The lowest BCUT2D eigenvalue weighted by Gasteiger charge is -2.03. The van der Waals surface area contributed by atoms with Crippen LogP contribution in [0.5, 0.6) is 0 Å². The first kappa shape index (κ1) is 11.7. The molecule has 0 saturated heterocycles. The van der Waals surface area contributed by atoms with Gasteiger partial charge in [0.15, 0.2) is 0 Å². The molecule has 0 aromatic heterocycles. The van der Waals surface area contributed by atoms with Gasteiger partial charge in [0.05, 0.1) is 10.0 Å². The third-order valence-electron chi connectivity index (χ3n) is 1.75. The molecular formula is C9H9Cl2NOS. The van der Waals surface area contributed by atoms with Gasteiger partial charge in [-0.05, 0) is 24.1 Å². The molecule has 2 N–H and O–H groups in total. The molecule has 0 bridgehead atoms. The van der Waals surface area contributed by atoms with Gasteiger partial charge >= 0.3 is 0 Å². The van der Waals surface area contributed by atoms with E-state index in [1.165, 1.54) is 0 Å². The average molecular weight is 250 g/mol. The summed E-state index contributed by atoms with van der Waals surface area (Å²) in [6.45, 7) is 0. The number of hydrogen-bond donors (Lipinski definition) is 2. The summed E-state index contributed by atoms with van der Waals surface area (Å²) in [7, 11) is 0. The number of hydroxylamine groups is 1. The predicted octanol–water partition coefficient (Wildman–Crippen LogP) is 3.23. The van der Waals surface area contributed by atoms with Crippen LogP contribution in [0.15, 0.2) is 18.2 Å². The van der Waals surface area contributed by atoms with Crippen molar-refractivity contribution < 1.29 is 5.21 Å². The van der Waals surface area contributed by atoms with E-state index in [4.69, 9.17) is 40.6 Å². The van der Waals surface area contributed by atoms with Gasteiger partial charge in [-0.2, -0.15) is 0 Å². The van der Waals surface area contributed by atoms with Crippen LogP contribution in [0, 0.1) is 0 Å². The number of benzene rings is 1. The highest BCUT2D eigenvalue weighted by atomic mass is 35.5. The van der Waals surface area contributed by atoms with Gasteiger partial charge in [-0.3, -0.25) is 10.7 Å². The minimum Gasteiger partial charge on any atom is -0.291 e. The number of nitrogens with one attached hydrogen (secondary N) is 1. The summed E-state index contributed by atoms with van der Waals surface area (Å²) < 4.78 is 0. The maximum atomic E-state index is 8.47. The third kappa shape index (κ3) is 3.42. The first-order valence-electron chi connectivity index (χ1n) is 4.00. The molecule has 5 heteroatoms. The van der Waals surface area contributed by atoms with Gasteiger partial charge in [-0.15, -0.1) is 0 Å². The number of rotatable bonds is 3. The number of thiocarbonyl (C=S) groups is 1. The Morgan fingerprint density at radius 2 is 2.07 bits per heavy atom. The Morgan fingerprint density at radius 3 is 2.64 bits per heavy atom. The van der Waals surface area contributed by atoms with E-state index in [-0.39, 0.29) is 0 Å². The van der Waals surface area contributed by atoms with Crippen LogP contribution in [0.4, 0.5) is 0 Å². The fourth-order valence-electron chi connectivity index (χ4n) is 1.01. The lowest BCUT2D eigenvalue weighted by atomic mass is 10.1. The second kappa shape index (κ2) is 5.51. The Bertz CT molecular complexity index is 344. The fraction of sp³-hybridized carbons (Fsp3) is 0.222. The van der Waals surface area contributed by atoms with Crippen molar-refractivity contribution in [3.05, 3.63) is 33.8 Å². The van der Waals surface area contributed by atoms with Gasteiger partial charge in [0.1, 0.15) is 4.99 Å². The summed E-state index contributed by atoms with van der Waals surface area (Å²) in [6.07, 6.45) is 1.31. The monoisotopic (exact) mass is 249 g/mol. The van der Waals surface area contributed by atoms with Crippen molar-refractivity contribution >= 4 is 40.4 Å². The minimum atomic E-state index is 0.413. The molecule has 0 amide bonds. The molecule has 0 aliphatic carbocycles. The molecule has 0 aliphatic heterocycles.